The molecule has 1 unspecified atom stereocenters. The summed E-state index contributed by atoms with van der Waals surface area (Å²) in [6.07, 6.45) is 0. The molecule has 1 heterocycles. The third kappa shape index (κ3) is 1.11. The Morgan fingerprint density at radius 1 is 1.73 bits per heavy atom. The van der Waals surface area contributed by atoms with Crippen molar-refractivity contribution in [2.24, 2.45) is 0 Å². The van der Waals surface area contributed by atoms with Gasteiger partial charge < -0.3 is 5.11 Å². The molecule has 0 aromatic rings. The lowest BCUT2D eigenvalue weighted by molar-refractivity contribution is -0.486. The van der Waals surface area contributed by atoms with Gasteiger partial charge in [0.1, 0.15) is 5.54 Å². The number of nitrogens with one attached hydrogen (secondary N) is 1. The minimum absolute atomic E-state index is 0.278. The zero-order chi connectivity index (χ0) is 8.65. The van der Waals surface area contributed by atoms with E-state index in [4.69, 9.17) is 5.11 Å². The summed E-state index contributed by atoms with van der Waals surface area (Å²) in [5, 5.41) is 11.2. The van der Waals surface area contributed by atoms with Crippen LogP contribution in [0.25, 0.3) is 0 Å². The number of amides is 2. The van der Waals surface area contributed by atoms with Crippen LogP contribution in [0.1, 0.15) is 13.8 Å². The van der Waals surface area contributed by atoms with Gasteiger partial charge in [-0.05, 0) is 13.8 Å². The Kier molecular flexibility index (Phi) is 1.67. The third-order valence-electron chi connectivity index (χ3n) is 1.92. The Balaban J connectivity index is 2.91. The molecule has 0 aliphatic carbocycles. The van der Waals surface area contributed by atoms with E-state index in [9.17, 15) is 9.70 Å². The Labute approximate surface area is 64.0 Å². The van der Waals surface area contributed by atoms with Crippen LogP contribution in [0.5, 0.6) is 0 Å². The van der Waals surface area contributed by atoms with Gasteiger partial charge in [-0.25, -0.2) is 5.32 Å². The quantitative estimate of drug-likeness (QED) is 0.513. The first kappa shape index (κ1) is 8.13. The number of rotatable bonds is 1. The van der Waals surface area contributed by atoms with Gasteiger partial charge in [-0.2, -0.15) is 4.79 Å². The van der Waals surface area contributed by atoms with E-state index in [1.54, 1.807) is 13.8 Å². The first-order chi connectivity index (χ1) is 4.99. The zero-order valence-electron chi connectivity index (χ0n) is 6.50. The number of hydrogen-bond acceptors (Lipinski definition) is 3. The summed E-state index contributed by atoms with van der Waals surface area (Å²) in [6.45, 7) is 3.09. The molecule has 0 spiro atoms. The maximum Gasteiger partial charge on any atom is 0.530 e. The molecule has 0 aromatic heterocycles. The molecule has 5 heteroatoms. The second kappa shape index (κ2) is 2.27. The smallest absolute Gasteiger partial charge is 0.392 e. The van der Waals surface area contributed by atoms with E-state index in [1.807, 2.05) is 0 Å². The van der Waals surface area contributed by atoms with Crippen LogP contribution in [0.15, 0.2) is 0 Å². The van der Waals surface area contributed by atoms with E-state index in [2.05, 4.69) is 5.32 Å². The predicted molar refractivity (Wildman–Crippen MR) is 37.1 cm³/mol. The summed E-state index contributed by atoms with van der Waals surface area (Å²) in [7, 11) is 0. The highest BCUT2D eigenvalue weighted by atomic mass is 16.3. The van der Waals surface area contributed by atoms with Crippen LogP contribution < -0.4 is 5.32 Å². The Morgan fingerprint density at radius 3 is 2.45 bits per heavy atom. The van der Waals surface area contributed by atoms with Gasteiger partial charge in [-0.1, -0.05) is 4.91 Å². The molecule has 0 aromatic carbocycles. The molecule has 0 radical (unpaired) electrons. The first-order valence-corrected chi connectivity index (χ1v) is 3.38. The summed E-state index contributed by atoms with van der Waals surface area (Å²) in [4.78, 5) is 21.6. The van der Waals surface area contributed by atoms with Crippen molar-refractivity contribution < 1.29 is 14.7 Å². The lowest BCUT2D eigenvalue weighted by Crippen LogP contribution is -2.44. The number of aliphatic hydroxyl groups excluding tert-OH is 1. The fourth-order valence-corrected chi connectivity index (χ4v) is 1.15. The molecular formula is C6H11N2O3+. The highest BCUT2D eigenvalue weighted by Gasteiger charge is 2.53. The SMILES string of the molecule is CC1(C)NC(=O)[N+](=O)C1CO. The lowest BCUT2D eigenvalue weighted by Gasteiger charge is -2.14. The van der Waals surface area contributed by atoms with Crippen molar-refractivity contribution in [2.75, 3.05) is 6.61 Å². The molecule has 5 nitrogen and oxygen atoms in total. The number of carbonyl (C=O) groups excluding carboxylic acids is 1. The fraction of sp³-hybridized carbons (Fsp3) is 0.833. The van der Waals surface area contributed by atoms with Crippen LogP contribution in [0.2, 0.25) is 0 Å². The molecular weight excluding hydrogens is 148 g/mol. The van der Waals surface area contributed by atoms with Gasteiger partial charge in [0, 0.05) is 4.76 Å². The van der Waals surface area contributed by atoms with Gasteiger partial charge in [0.2, 0.25) is 6.04 Å². The van der Waals surface area contributed by atoms with E-state index in [0.29, 0.717) is 0 Å². The maximum atomic E-state index is 10.9. The van der Waals surface area contributed by atoms with Gasteiger partial charge >= 0.3 is 6.03 Å². The number of carbonyl (C=O) groups is 1. The van der Waals surface area contributed by atoms with Crippen molar-refractivity contribution in [3.05, 3.63) is 4.91 Å². The van der Waals surface area contributed by atoms with Crippen LogP contribution in [0.4, 0.5) is 4.79 Å². The third-order valence-corrected chi connectivity index (χ3v) is 1.92. The van der Waals surface area contributed by atoms with Crippen molar-refractivity contribution in [3.63, 3.8) is 0 Å². The van der Waals surface area contributed by atoms with E-state index in [-0.39, 0.29) is 11.4 Å². The first-order valence-electron chi connectivity index (χ1n) is 3.38. The fourth-order valence-electron chi connectivity index (χ4n) is 1.15. The second-order valence-electron chi connectivity index (χ2n) is 3.18. The van der Waals surface area contributed by atoms with E-state index in [1.165, 1.54) is 0 Å². The average Bonchev–Trinajstić information content (AvgIpc) is 2.03. The minimum atomic E-state index is -0.672. The standard InChI is InChI=1S/C6H10N2O3/c1-6(2)4(3-9)8(11)5(10)7-6/h4,9H,3H2,1-2H3/p+1. The van der Waals surface area contributed by atoms with Crippen molar-refractivity contribution in [1.82, 2.24) is 5.32 Å². The number of hydrogen-bond donors (Lipinski definition) is 2. The molecule has 2 amide bonds. The molecule has 11 heavy (non-hydrogen) atoms. The summed E-state index contributed by atoms with van der Waals surface area (Å²) in [5.74, 6) is 0. The molecule has 1 saturated heterocycles. The summed E-state index contributed by atoms with van der Waals surface area (Å²) in [6, 6.07) is -1.34. The molecule has 2 N–H and O–H groups in total. The number of aliphatic hydroxyl groups is 1. The lowest BCUT2D eigenvalue weighted by atomic mass is 9.98. The van der Waals surface area contributed by atoms with E-state index < -0.39 is 17.6 Å². The molecule has 1 atom stereocenters. The molecule has 1 aliphatic heterocycles. The molecule has 1 rings (SSSR count). The highest BCUT2D eigenvalue weighted by Crippen LogP contribution is 2.18. The average molecular weight is 159 g/mol. The second-order valence-corrected chi connectivity index (χ2v) is 3.18. The van der Waals surface area contributed by atoms with Crippen molar-refractivity contribution in [2.45, 2.75) is 25.4 Å². The van der Waals surface area contributed by atoms with Gasteiger partial charge in [0.05, 0.1) is 6.61 Å². The van der Waals surface area contributed by atoms with Gasteiger partial charge in [-0.3, -0.25) is 0 Å². The van der Waals surface area contributed by atoms with Crippen LogP contribution in [0, 0.1) is 4.91 Å². The molecule has 1 fully saturated rings. The monoisotopic (exact) mass is 159 g/mol. The minimum Gasteiger partial charge on any atom is -0.392 e. The largest absolute Gasteiger partial charge is 0.530 e. The molecule has 62 valence electrons. The predicted octanol–water partition coefficient (Wildman–Crippen LogP) is -0.372. The summed E-state index contributed by atoms with van der Waals surface area (Å²) < 4.78 is 0.278. The van der Waals surface area contributed by atoms with Crippen molar-refractivity contribution >= 4 is 6.03 Å². The van der Waals surface area contributed by atoms with Crippen molar-refractivity contribution in [3.8, 4) is 0 Å². The maximum absolute atomic E-state index is 10.9. The number of nitroso groups, excluding NO2 is 1. The van der Waals surface area contributed by atoms with Gasteiger partial charge in [0.15, 0.2) is 0 Å². The Hall–Kier alpha value is -0.970. The van der Waals surface area contributed by atoms with Gasteiger partial charge in [-0.15, -0.1) is 0 Å². The van der Waals surface area contributed by atoms with E-state index >= 15 is 0 Å². The highest BCUT2D eigenvalue weighted by molar-refractivity contribution is 5.68. The summed E-state index contributed by atoms with van der Waals surface area (Å²) in [5.41, 5.74) is -0.631. The number of urea groups is 1. The van der Waals surface area contributed by atoms with Crippen LogP contribution in [-0.4, -0.2) is 34.1 Å². The molecule has 0 saturated carbocycles. The zero-order valence-corrected chi connectivity index (χ0v) is 6.50. The Morgan fingerprint density at radius 2 is 2.27 bits per heavy atom. The van der Waals surface area contributed by atoms with Crippen LogP contribution >= 0.6 is 0 Å². The Bertz CT molecular complexity index is 212. The van der Waals surface area contributed by atoms with Gasteiger partial charge in [0.25, 0.3) is 0 Å². The normalized spacial score (nSPS) is 28.8. The summed E-state index contributed by atoms with van der Waals surface area (Å²) >= 11 is 0. The van der Waals surface area contributed by atoms with E-state index in [0.717, 1.165) is 0 Å². The van der Waals surface area contributed by atoms with Crippen LogP contribution in [-0.2, 0) is 0 Å². The van der Waals surface area contributed by atoms with Crippen LogP contribution in [0.3, 0.4) is 0 Å². The molecule has 1 aliphatic rings. The number of nitrogens with zero attached hydrogens (tertiary/aromatic N) is 1. The molecule has 0 bridgehead atoms. The topological polar surface area (TPSA) is 69.4 Å². The van der Waals surface area contributed by atoms with Crippen molar-refractivity contribution in [1.29, 1.82) is 0 Å².